The number of ether oxygens (including phenoxy) is 1. The third kappa shape index (κ3) is 4.44. The van der Waals surface area contributed by atoms with Crippen LogP contribution in [-0.4, -0.2) is 35.2 Å². The summed E-state index contributed by atoms with van der Waals surface area (Å²) in [4.78, 5) is 34.8. The highest BCUT2D eigenvalue weighted by Crippen LogP contribution is 2.31. The molecule has 0 fully saturated rings. The van der Waals surface area contributed by atoms with E-state index in [2.05, 4.69) is 4.74 Å². The van der Waals surface area contributed by atoms with Crippen LogP contribution in [0.5, 0.6) is 0 Å². The Morgan fingerprint density at radius 3 is 1.76 bits per heavy atom. The van der Waals surface area contributed by atoms with E-state index in [1.165, 1.54) is 31.4 Å². The first-order chi connectivity index (χ1) is 11.9. The Hall–Kier alpha value is -3.15. The average molecular weight is 342 g/mol. The number of hydrogen-bond acceptors (Lipinski definition) is 4. The van der Waals surface area contributed by atoms with Crippen LogP contribution in [0.1, 0.15) is 39.7 Å². The van der Waals surface area contributed by atoms with Crippen LogP contribution in [0.25, 0.3) is 0 Å². The van der Waals surface area contributed by atoms with E-state index in [0.29, 0.717) is 16.7 Å². The Morgan fingerprint density at radius 2 is 1.32 bits per heavy atom. The summed E-state index contributed by atoms with van der Waals surface area (Å²) in [6.07, 6.45) is -0.0910. The number of esters is 1. The number of benzene rings is 2. The first-order valence-corrected chi connectivity index (χ1v) is 7.63. The van der Waals surface area contributed by atoms with Gasteiger partial charge in [0.2, 0.25) is 0 Å². The molecule has 2 aromatic carbocycles. The minimum Gasteiger partial charge on any atom is -0.481 e. The first-order valence-electron chi connectivity index (χ1n) is 7.63. The molecular weight excluding hydrogens is 324 g/mol. The third-order valence-electron chi connectivity index (χ3n) is 4.00. The Bertz CT molecular complexity index is 751. The Kier molecular flexibility index (Phi) is 5.89. The highest BCUT2D eigenvalue weighted by Gasteiger charge is 2.29. The van der Waals surface area contributed by atoms with E-state index in [0.717, 1.165) is 0 Å². The number of aliphatic carboxylic acids is 2. The van der Waals surface area contributed by atoms with Crippen LogP contribution in [0.3, 0.4) is 0 Å². The molecule has 0 heterocycles. The Labute approximate surface area is 144 Å². The number of carbonyl (C=O) groups is 3. The van der Waals surface area contributed by atoms with Gasteiger partial charge in [-0.3, -0.25) is 9.59 Å². The molecule has 2 aromatic rings. The minimum absolute atomic E-state index is 0.0910. The summed E-state index contributed by atoms with van der Waals surface area (Å²) in [6.45, 7) is 0. The molecule has 0 aromatic heterocycles. The van der Waals surface area contributed by atoms with Gasteiger partial charge in [0.05, 0.1) is 24.5 Å². The highest BCUT2D eigenvalue weighted by molar-refractivity contribution is 5.89. The van der Waals surface area contributed by atoms with Crippen LogP contribution in [-0.2, 0) is 14.3 Å². The lowest BCUT2D eigenvalue weighted by atomic mass is 9.85. The fraction of sp³-hybridized carbons (Fsp3) is 0.211. The number of carboxylic acids is 2. The standard InChI is InChI=1S/C19H18O6/c1-25-19(24)14-9-7-13(8-10-14)16(18(22)23)11-15(17(20)21)12-5-3-2-4-6-12/h2-10,15-16H,11H2,1H3,(H,20,21)(H,22,23). The fourth-order valence-corrected chi connectivity index (χ4v) is 2.65. The van der Waals surface area contributed by atoms with E-state index in [1.807, 2.05) is 0 Å². The van der Waals surface area contributed by atoms with Crippen molar-refractivity contribution in [3.8, 4) is 0 Å². The third-order valence-corrected chi connectivity index (χ3v) is 4.00. The number of carbonyl (C=O) groups excluding carboxylic acids is 1. The molecule has 2 atom stereocenters. The van der Waals surface area contributed by atoms with E-state index in [-0.39, 0.29) is 6.42 Å². The smallest absolute Gasteiger partial charge is 0.337 e. The molecule has 25 heavy (non-hydrogen) atoms. The average Bonchev–Trinajstić information content (AvgIpc) is 2.62. The second-order valence-electron chi connectivity index (χ2n) is 5.54. The molecule has 2 rings (SSSR count). The van der Waals surface area contributed by atoms with Crippen LogP contribution in [0.4, 0.5) is 0 Å². The van der Waals surface area contributed by atoms with Crippen molar-refractivity contribution in [3.63, 3.8) is 0 Å². The molecule has 0 saturated heterocycles. The number of hydrogen-bond donors (Lipinski definition) is 2. The molecule has 6 heteroatoms. The van der Waals surface area contributed by atoms with E-state index in [9.17, 15) is 24.6 Å². The van der Waals surface area contributed by atoms with Crippen molar-refractivity contribution in [2.24, 2.45) is 0 Å². The van der Waals surface area contributed by atoms with Crippen molar-refractivity contribution < 1.29 is 29.3 Å². The lowest BCUT2D eigenvalue weighted by Crippen LogP contribution is -2.20. The summed E-state index contributed by atoms with van der Waals surface area (Å²) in [5.74, 6) is -4.67. The topological polar surface area (TPSA) is 101 Å². The van der Waals surface area contributed by atoms with Crippen molar-refractivity contribution in [2.45, 2.75) is 18.3 Å². The largest absolute Gasteiger partial charge is 0.481 e. The van der Waals surface area contributed by atoms with E-state index in [4.69, 9.17) is 0 Å². The molecule has 0 radical (unpaired) electrons. The van der Waals surface area contributed by atoms with Crippen LogP contribution >= 0.6 is 0 Å². The zero-order valence-corrected chi connectivity index (χ0v) is 13.6. The van der Waals surface area contributed by atoms with Crippen LogP contribution in [0.15, 0.2) is 54.6 Å². The SMILES string of the molecule is COC(=O)c1ccc(C(CC(C(=O)O)c2ccccc2)C(=O)O)cc1. The second kappa shape index (κ2) is 8.10. The quantitative estimate of drug-likeness (QED) is 0.750. The second-order valence-corrected chi connectivity index (χ2v) is 5.54. The lowest BCUT2D eigenvalue weighted by molar-refractivity contribution is -0.141. The zero-order chi connectivity index (χ0) is 18.4. The van der Waals surface area contributed by atoms with Crippen molar-refractivity contribution in [1.82, 2.24) is 0 Å². The van der Waals surface area contributed by atoms with Gasteiger partial charge >= 0.3 is 17.9 Å². The molecule has 2 unspecified atom stereocenters. The predicted molar refractivity (Wildman–Crippen MR) is 89.6 cm³/mol. The molecule has 6 nitrogen and oxygen atoms in total. The summed E-state index contributed by atoms with van der Waals surface area (Å²) in [5, 5.41) is 19.0. The van der Waals surface area contributed by atoms with Crippen LogP contribution in [0, 0.1) is 0 Å². The van der Waals surface area contributed by atoms with Gasteiger partial charge in [-0.05, 0) is 29.7 Å². The Morgan fingerprint density at radius 1 is 0.840 bits per heavy atom. The molecule has 0 aliphatic heterocycles. The molecule has 2 N–H and O–H groups in total. The van der Waals surface area contributed by atoms with Crippen molar-refractivity contribution in [3.05, 3.63) is 71.3 Å². The van der Waals surface area contributed by atoms with Crippen LogP contribution in [0.2, 0.25) is 0 Å². The van der Waals surface area contributed by atoms with Gasteiger partial charge in [0.15, 0.2) is 0 Å². The zero-order valence-electron chi connectivity index (χ0n) is 13.6. The summed E-state index contributed by atoms with van der Waals surface area (Å²) >= 11 is 0. The summed E-state index contributed by atoms with van der Waals surface area (Å²) in [7, 11) is 1.26. The minimum atomic E-state index is -1.12. The monoisotopic (exact) mass is 342 g/mol. The number of methoxy groups -OCH3 is 1. The van der Waals surface area contributed by atoms with Gasteiger partial charge in [-0.1, -0.05) is 42.5 Å². The first kappa shape index (κ1) is 18.2. The maximum atomic E-state index is 11.7. The van der Waals surface area contributed by atoms with Crippen molar-refractivity contribution >= 4 is 17.9 Å². The molecular formula is C19H18O6. The molecule has 0 spiro atoms. The molecule has 0 aliphatic carbocycles. The van der Waals surface area contributed by atoms with Gasteiger partial charge in [-0.25, -0.2) is 4.79 Å². The lowest BCUT2D eigenvalue weighted by Gasteiger charge is -2.19. The molecule has 130 valence electrons. The summed E-state index contributed by atoms with van der Waals surface area (Å²) in [6, 6.07) is 14.5. The van der Waals surface area contributed by atoms with Gasteiger partial charge in [0.1, 0.15) is 0 Å². The van der Waals surface area contributed by atoms with Gasteiger partial charge in [0.25, 0.3) is 0 Å². The maximum Gasteiger partial charge on any atom is 0.337 e. The van der Waals surface area contributed by atoms with E-state index in [1.54, 1.807) is 30.3 Å². The number of rotatable bonds is 7. The molecule has 0 amide bonds. The molecule has 0 saturated carbocycles. The van der Waals surface area contributed by atoms with Gasteiger partial charge in [0, 0.05) is 0 Å². The van der Waals surface area contributed by atoms with Gasteiger partial charge in [-0.15, -0.1) is 0 Å². The van der Waals surface area contributed by atoms with Gasteiger partial charge < -0.3 is 14.9 Å². The fourth-order valence-electron chi connectivity index (χ4n) is 2.65. The number of carboxylic acid groups (broad SMARTS) is 2. The van der Waals surface area contributed by atoms with Crippen LogP contribution < -0.4 is 0 Å². The Balaban J connectivity index is 2.29. The molecule has 0 bridgehead atoms. The normalized spacial score (nSPS) is 12.8. The van der Waals surface area contributed by atoms with Crippen molar-refractivity contribution in [2.75, 3.05) is 7.11 Å². The predicted octanol–water partition coefficient (Wildman–Crippen LogP) is 2.90. The maximum absolute atomic E-state index is 11.7. The van der Waals surface area contributed by atoms with Crippen molar-refractivity contribution in [1.29, 1.82) is 0 Å². The van der Waals surface area contributed by atoms with E-state index >= 15 is 0 Å². The summed E-state index contributed by atoms with van der Waals surface area (Å²) < 4.78 is 4.60. The highest BCUT2D eigenvalue weighted by atomic mass is 16.5. The molecule has 0 aliphatic rings. The van der Waals surface area contributed by atoms with E-state index < -0.39 is 29.7 Å². The summed E-state index contributed by atoms with van der Waals surface area (Å²) in [5.41, 5.74) is 1.28. The van der Waals surface area contributed by atoms with Gasteiger partial charge in [-0.2, -0.15) is 0 Å².